The number of carboxylic acids is 1. The van der Waals surface area contributed by atoms with Crippen LogP contribution in [0.15, 0.2) is 24.7 Å². The van der Waals surface area contributed by atoms with Crippen LogP contribution in [0.5, 0.6) is 0 Å². The first kappa shape index (κ1) is 17.2. The molecule has 0 atom stereocenters. The number of hydrogen-bond donors (Lipinski definition) is 1. The van der Waals surface area contributed by atoms with Crippen molar-refractivity contribution in [1.82, 2.24) is 29.4 Å². The summed E-state index contributed by atoms with van der Waals surface area (Å²) in [5.41, 5.74) is 1.17. The molecule has 0 aliphatic carbocycles. The minimum absolute atomic E-state index is 0.00327. The lowest BCUT2D eigenvalue weighted by atomic mass is 10.2. The van der Waals surface area contributed by atoms with Gasteiger partial charge in [0.2, 0.25) is 5.91 Å². The van der Waals surface area contributed by atoms with Crippen molar-refractivity contribution in [2.75, 3.05) is 26.2 Å². The Kier molecular flexibility index (Phi) is 5.13. The molecule has 1 saturated heterocycles. The van der Waals surface area contributed by atoms with E-state index in [1.54, 1.807) is 10.9 Å². The maximum atomic E-state index is 12.3. The van der Waals surface area contributed by atoms with Gasteiger partial charge in [-0.15, -0.1) is 0 Å². The van der Waals surface area contributed by atoms with Gasteiger partial charge in [0, 0.05) is 70.7 Å². The summed E-state index contributed by atoms with van der Waals surface area (Å²) in [6.45, 7) is 4.33. The van der Waals surface area contributed by atoms with Crippen LogP contribution >= 0.6 is 0 Å². The Balaban J connectivity index is 1.42. The minimum atomic E-state index is -1.06. The molecule has 0 bridgehead atoms. The van der Waals surface area contributed by atoms with E-state index in [1.165, 1.54) is 16.3 Å². The van der Waals surface area contributed by atoms with Crippen molar-refractivity contribution >= 4 is 11.9 Å². The molecular weight excluding hydrogens is 324 g/mol. The Bertz CT molecular complexity index is 745. The predicted octanol–water partition coefficient (Wildman–Crippen LogP) is 0.0493. The number of carboxylic acid groups (broad SMARTS) is 1. The van der Waals surface area contributed by atoms with E-state index in [4.69, 9.17) is 5.11 Å². The normalized spacial score (nSPS) is 15.5. The smallest absolute Gasteiger partial charge is 0.356 e. The number of amides is 1. The summed E-state index contributed by atoms with van der Waals surface area (Å²) in [4.78, 5) is 27.3. The van der Waals surface area contributed by atoms with E-state index in [0.717, 1.165) is 19.6 Å². The summed E-state index contributed by atoms with van der Waals surface area (Å²) in [5.74, 6) is -0.983. The fourth-order valence-electron chi connectivity index (χ4n) is 2.94. The van der Waals surface area contributed by atoms with Gasteiger partial charge in [0.1, 0.15) is 0 Å². The van der Waals surface area contributed by atoms with Crippen LogP contribution in [0.4, 0.5) is 0 Å². The number of carbonyl (C=O) groups excluding carboxylic acids is 1. The summed E-state index contributed by atoms with van der Waals surface area (Å²) < 4.78 is 3.29. The third-order valence-corrected chi connectivity index (χ3v) is 4.30. The third-order valence-electron chi connectivity index (χ3n) is 4.30. The van der Waals surface area contributed by atoms with Crippen LogP contribution in [0.1, 0.15) is 22.5 Å². The predicted molar refractivity (Wildman–Crippen MR) is 88.9 cm³/mol. The van der Waals surface area contributed by atoms with Gasteiger partial charge in [-0.2, -0.15) is 10.2 Å². The molecule has 0 saturated carbocycles. The molecular formula is C16H22N6O3. The number of aromatic nitrogens is 4. The van der Waals surface area contributed by atoms with Crippen molar-refractivity contribution in [2.45, 2.75) is 19.5 Å². The van der Waals surface area contributed by atoms with Gasteiger partial charge >= 0.3 is 5.97 Å². The van der Waals surface area contributed by atoms with Gasteiger partial charge in [-0.3, -0.25) is 19.1 Å². The van der Waals surface area contributed by atoms with E-state index in [-0.39, 0.29) is 11.6 Å². The van der Waals surface area contributed by atoms with E-state index >= 15 is 0 Å². The molecule has 0 radical (unpaired) electrons. The Morgan fingerprint density at radius 2 is 2.00 bits per heavy atom. The molecule has 3 heterocycles. The maximum Gasteiger partial charge on any atom is 0.356 e. The van der Waals surface area contributed by atoms with E-state index in [2.05, 4.69) is 15.1 Å². The topological polar surface area (TPSA) is 96.5 Å². The summed E-state index contributed by atoms with van der Waals surface area (Å²) in [5, 5.41) is 16.9. The van der Waals surface area contributed by atoms with Crippen LogP contribution in [-0.4, -0.2) is 72.5 Å². The highest BCUT2D eigenvalue weighted by atomic mass is 16.4. The Morgan fingerprint density at radius 1 is 1.24 bits per heavy atom. The second kappa shape index (κ2) is 7.47. The number of rotatable bonds is 6. The molecule has 1 aliphatic rings. The van der Waals surface area contributed by atoms with Gasteiger partial charge in [-0.05, 0) is 6.07 Å². The average molecular weight is 346 g/mol. The highest BCUT2D eigenvalue weighted by Gasteiger charge is 2.21. The Morgan fingerprint density at radius 3 is 2.60 bits per heavy atom. The number of nitrogens with zero attached hydrogens (tertiary/aromatic N) is 6. The highest BCUT2D eigenvalue weighted by molar-refractivity contribution is 5.85. The van der Waals surface area contributed by atoms with Crippen molar-refractivity contribution in [3.8, 4) is 0 Å². The van der Waals surface area contributed by atoms with Gasteiger partial charge in [0.15, 0.2) is 5.69 Å². The minimum Gasteiger partial charge on any atom is -0.476 e. The molecule has 0 spiro atoms. The lowest BCUT2D eigenvalue weighted by Gasteiger charge is -2.34. The molecule has 1 N–H and O–H groups in total. The van der Waals surface area contributed by atoms with E-state index in [9.17, 15) is 9.59 Å². The SMILES string of the molecule is Cn1cc(CN2CCN(C(=O)CCn3ccc(C(=O)O)n3)CC2)cn1. The lowest BCUT2D eigenvalue weighted by Crippen LogP contribution is -2.48. The molecule has 1 fully saturated rings. The average Bonchev–Trinajstić information content (AvgIpc) is 3.22. The molecule has 9 nitrogen and oxygen atoms in total. The molecule has 134 valence electrons. The molecule has 2 aromatic heterocycles. The monoisotopic (exact) mass is 346 g/mol. The van der Waals surface area contributed by atoms with Crippen LogP contribution in [0.3, 0.4) is 0 Å². The molecule has 25 heavy (non-hydrogen) atoms. The van der Waals surface area contributed by atoms with Crippen molar-refractivity contribution in [1.29, 1.82) is 0 Å². The second-order valence-electron chi connectivity index (χ2n) is 6.20. The third kappa shape index (κ3) is 4.44. The lowest BCUT2D eigenvalue weighted by molar-refractivity contribution is -0.133. The first-order valence-corrected chi connectivity index (χ1v) is 8.25. The Hall–Kier alpha value is -2.68. The molecule has 3 rings (SSSR count). The molecule has 1 amide bonds. The first-order valence-electron chi connectivity index (χ1n) is 8.25. The van der Waals surface area contributed by atoms with E-state index in [0.29, 0.717) is 26.1 Å². The summed E-state index contributed by atoms with van der Waals surface area (Å²) >= 11 is 0. The molecule has 1 aliphatic heterocycles. The molecule has 0 aromatic carbocycles. The van der Waals surface area contributed by atoms with Gasteiger partial charge in [-0.1, -0.05) is 0 Å². The van der Waals surface area contributed by atoms with Crippen molar-refractivity contribution in [3.05, 3.63) is 35.9 Å². The zero-order valence-electron chi connectivity index (χ0n) is 14.2. The van der Waals surface area contributed by atoms with Crippen molar-refractivity contribution in [2.24, 2.45) is 7.05 Å². The molecule has 2 aromatic rings. The number of aryl methyl sites for hydroxylation is 2. The standard InChI is InChI=1S/C16H22N6O3/c1-19-11-13(10-17-19)12-20-6-8-21(9-7-20)15(23)3-5-22-4-2-14(18-22)16(24)25/h2,4,10-11H,3,5-9,12H2,1H3,(H,24,25). The first-order chi connectivity index (χ1) is 12.0. The zero-order valence-corrected chi connectivity index (χ0v) is 14.2. The fourth-order valence-corrected chi connectivity index (χ4v) is 2.94. The number of hydrogen-bond acceptors (Lipinski definition) is 5. The van der Waals surface area contributed by atoms with Gasteiger partial charge in [0.05, 0.1) is 6.20 Å². The van der Waals surface area contributed by atoms with Crippen molar-refractivity contribution in [3.63, 3.8) is 0 Å². The number of carbonyl (C=O) groups is 2. The van der Waals surface area contributed by atoms with E-state index in [1.807, 2.05) is 24.3 Å². The van der Waals surface area contributed by atoms with Crippen LogP contribution in [0, 0.1) is 0 Å². The number of aromatic carboxylic acids is 1. The molecule has 9 heteroatoms. The summed E-state index contributed by atoms with van der Waals surface area (Å²) in [6, 6.07) is 1.43. The van der Waals surface area contributed by atoms with Gasteiger partial charge < -0.3 is 10.0 Å². The summed E-state index contributed by atoms with van der Waals surface area (Å²) in [7, 11) is 1.90. The van der Waals surface area contributed by atoms with Crippen LogP contribution in [0.2, 0.25) is 0 Å². The quantitative estimate of drug-likeness (QED) is 0.794. The van der Waals surface area contributed by atoms with Gasteiger partial charge in [-0.25, -0.2) is 4.79 Å². The second-order valence-corrected chi connectivity index (χ2v) is 6.20. The van der Waals surface area contributed by atoms with Crippen molar-refractivity contribution < 1.29 is 14.7 Å². The summed E-state index contributed by atoms with van der Waals surface area (Å²) in [6.07, 6.45) is 5.78. The van der Waals surface area contributed by atoms with Crippen LogP contribution < -0.4 is 0 Å². The fraction of sp³-hybridized carbons (Fsp3) is 0.500. The van der Waals surface area contributed by atoms with Gasteiger partial charge in [0.25, 0.3) is 0 Å². The highest BCUT2D eigenvalue weighted by Crippen LogP contribution is 2.09. The Labute approximate surface area is 145 Å². The van der Waals surface area contributed by atoms with Crippen LogP contribution in [-0.2, 0) is 24.9 Å². The zero-order chi connectivity index (χ0) is 17.8. The van der Waals surface area contributed by atoms with E-state index < -0.39 is 5.97 Å². The maximum absolute atomic E-state index is 12.3. The number of piperazine rings is 1. The van der Waals surface area contributed by atoms with Crippen LogP contribution in [0.25, 0.3) is 0 Å². The molecule has 0 unspecified atom stereocenters. The largest absolute Gasteiger partial charge is 0.476 e.